The van der Waals surface area contributed by atoms with Crippen molar-refractivity contribution in [2.24, 2.45) is 0 Å². The smallest absolute Gasteiger partial charge is 0.224 e. The summed E-state index contributed by atoms with van der Waals surface area (Å²) in [6, 6.07) is 13.5. The molecule has 0 atom stereocenters. The molecule has 0 unspecified atom stereocenters. The summed E-state index contributed by atoms with van der Waals surface area (Å²) in [4.78, 5) is 17.0. The number of piperazine rings is 1. The van der Waals surface area contributed by atoms with Gasteiger partial charge in [-0.2, -0.15) is 0 Å². The Hall–Kier alpha value is -1.95. The van der Waals surface area contributed by atoms with Crippen LogP contribution in [-0.2, 0) is 11.2 Å². The lowest BCUT2D eigenvalue weighted by molar-refractivity contribution is -0.120. The van der Waals surface area contributed by atoms with Crippen molar-refractivity contribution in [2.75, 3.05) is 51.3 Å². The summed E-state index contributed by atoms with van der Waals surface area (Å²) >= 11 is 12.3. The number of hydrogen-bond acceptors (Lipinski definition) is 4. The van der Waals surface area contributed by atoms with E-state index in [0.29, 0.717) is 22.2 Å². The number of amides is 1. The third kappa shape index (κ3) is 6.26. The Bertz CT molecular complexity index is 786. The monoisotopic (exact) mass is 435 g/mol. The van der Waals surface area contributed by atoms with Crippen molar-refractivity contribution in [3.8, 4) is 5.75 Å². The fraction of sp³-hybridized carbons (Fsp3) is 0.409. The molecule has 1 fully saturated rings. The highest BCUT2D eigenvalue weighted by atomic mass is 35.5. The lowest BCUT2D eigenvalue weighted by atomic mass is 10.1. The topological polar surface area (TPSA) is 44.8 Å². The van der Waals surface area contributed by atoms with Crippen LogP contribution in [0.15, 0.2) is 42.5 Å². The van der Waals surface area contributed by atoms with E-state index in [1.165, 1.54) is 5.69 Å². The molecule has 156 valence electrons. The summed E-state index contributed by atoms with van der Waals surface area (Å²) in [6.45, 7) is 5.68. The summed E-state index contributed by atoms with van der Waals surface area (Å²) in [5, 5.41) is 4.03. The van der Waals surface area contributed by atoms with Gasteiger partial charge in [0.1, 0.15) is 5.75 Å². The van der Waals surface area contributed by atoms with Crippen LogP contribution in [0.25, 0.3) is 0 Å². The van der Waals surface area contributed by atoms with Gasteiger partial charge in [-0.05, 0) is 54.9 Å². The fourth-order valence-corrected chi connectivity index (χ4v) is 4.01. The molecule has 3 rings (SSSR count). The van der Waals surface area contributed by atoms with E-state index in [0.717, 1.165) is 44.9 Å². The highest BCUT2D eigenvalue weighted by molar-refractivity contribution is 6.36. The minimum absolute atomic E-state index is 0.0516. The van der Waals surface area contributed by atoms with Crippen molar-refractivity contribution in [3.63, 3.8) is 0 Å². The molecule has 29 heavy (non-hydrogen) atoms. The Morgan fingerprint density at radius 2 is 1.69 bits per heavy atom. The number of ether oxygens (including phenoxy) is 1. The molecule has 2 aromatic rings. The molecule has 0 aromatic heterocycles. The summed E-state index contributed by atoms with van der Waals surface area (Å²) in [5.74, 6) is 0.829. The van der Waals surface area contributed by atoms with E-state index in [4.69, 9.17) is 27.9 Å². The number of carbonyl (C=O) groups is 1. The van der Waals surface area contributed by atoms with E-state index in [9.17, 15) is 4.79 Å². The van der Waals surface area contributed by atoms with E-state index in [1.807, 2.05) is 12.1 Å². The minimum atomic E-state index is -0.0516. The van der Waals surface area contributed by atoms with Crippen molar-refractivity contribution in [2.45, 2.75) is 12.8 Å². The second-order valence-electron chi connectivity index (χ2n) is 7.11. The largest absolute Gasteiger partial charge is 0.497 e. The lowest BCUT2D eigenvalue weighted by Crippen LogP contribution is -2.47. The number of rotatable bonds is 8. The molecule has 1 amide bonds. The first-order valence-electron chi connectivity index (χ1n) is 9.88. The zero-order chi connectivity index (χ0) is 20.6. The average molecular weight is 436 g/mol. The molecule has 7 heteroatoms. The first kappa shape index (κ1) is 21.8. The number of halogens is 2. The van der Waals surface area contributed by atoms with Crippen molar-refractivity contribution >= 4 is 34.8 Å². The molecule has 1 aliphatic heterocycles. The predicted octanol–water partition coefficient (Wildman–Crippen LogP) is 3.87. The first-order chi connectivity index (χ1) is 14.1. The van der Waals surface area contributed by atoms with Crippen LogP contribution in [0.2, 0.25) is 10.0 Å². The van der Waals surface area contributed by atoms with E-state index in [2.05, 4.69) is 27.2 Å². The van der Waals surface area contributed by atoms with Gasteiger partial charge in [0.05, 0.1) is 13.5 Å². The quantitative estimate of drug-likeness (QED) is 0.639. The van der Waals surface area contributed by atoms with Gasteiger partial charge in [-0.3, -0.25) is 9.69 Å². The SMILES string of the molecule is COc1ccc(N2CCN(CCCNC(=O)Cc3c(Cl)cccc3Cl)CC2)cc1. The van der Waals surface area contributed by atoms with Gasteiger partial charge in [-0.15, -0.1) is 0 Å². The average Bonchev–Trinajstić information content (AvgIpc) is 2.74. The number of benzene rings is 2. The zero-order valence-corrected chi connectivity index (χ0v) is 18.2. The van der Waals surface area contributed by atoms with Crippen molar-refractivity contribution < 1.29 is 9.53 Å². The van der Waals surface area contributed by atoms with Crippen LogP contribution < -0.4 is 15.0 Å². The molecule has 0 radical (unpaired) electrons. The highest BCUT2D eigenvalue weighted by Crippen LogP contribution is 2.24. The van der Waals surface area contributed by atoms with Crippen LogP contribution in [0.4, 0.5) is 5.69 Å². The van der Waals surface area contributed by atoms with Gasteiger partial charge in [0.15, 0.2) is 0 Å². The summed E-state index contributed by atoms with van der Waals surface area (Å²) in [6.07, 6.45) is 1.13. The van der Waals surface area contributed by atoms with Crippen LogP contribution in [0.3, 0.4) is 0 Å². The Morgan fingerprint density at radius 3 is 2.31 bits per heavy atom. The zero-order valence-electron chi connectivity index (χ0n) is 16.7. The second kappa shape index (κ2) is 10.7. The summed E-state index contributed by atoms with van der Waals surface area (Å²) in [5.41, 5.74) is 1.92. The van der Waals surface area contributed by atoms with Crippen LogP contribution >= 0.6 is 23.2 Å². The van der Waals surface area contributed by atoms with E-state index >= 15 is 0 Å². The van der Waals surface area contributed by atoms with Crippen LogP contribution in [0.1, 0.15) is 12.0 Å². The van der Waals surface area contributed by atoms with Crippen LogP contribution in [0, 0.1) is 0 Å². The standard InChI is InChI=1S/C22H27Cl2N3O2/c1-29-18-8-6-17(7-9-18)27-14-12-26(13-15-27)11-3-10-25-22(28)16-19-20(23)4-2-5-21(19)24/h2,4-9H,3,10-16H2,1H3,(H,25,28). The molecule has 0 spiro atoms. The molecule has 1 saturated heterocycles. The molecule has 1 heterocycles. The van der Waals surface area contributed by atoms with Gasteiger partial charge in [0.2, 0.25) is 5.91 Å². The Kier molecular flexibility index (Phi) is 8.04. The van der Waals surface area contributed by atoms with Crippen LogP contribution in [0.5, 0.6) is 5.75 Å². The number of anilines is 1. The van der Waals surface area contributed by atoms with Gasteiger partial charge >= 0.3 is 0 Å². The second-order valence-corrected chi connectivity index (χ2v) is 7.92. The number of nitrogens with one attached hydrogen (secondary N) is 1. The van der Waals surface area contributed by atoms with Gasteiger partial charge in [-0.1, -0.05) is 29.3 Å². The lowest BCUT2D eigenvalue weighted by Gasteiger charge is -2.36. The normalized spacial score (nSPS) is 14.7. The molecule has 0 aliphatic carbocycles. The van der Waals surface area contributed by atoms with E-state index in [-0.39, 0.29) is 12.3 Å². The summed E-state index contributed by atoms with van der Waals surface area (Å²) < 4.78 is 5.22. The maximum Gasteiger partial charge on any atom is 0.224 e. The fourth-order valence-electron chi connectivity index (χ4n) is 3.48. The van der Waals surface area contributed by atoms with Gasteiger partial charge < -0.3 is 15.0 Å². The van der Waals surface area contributed by atoms with Crippen molar-refractivity contribution in [1.82, 2.24) is 10.2 Å². The molecular weight excluding hydrogens is 409 g/mol. The van der Waals surface area contributed by atoms with E-state index in [1.54, 1.807) is 25.3 Å². The number of nitrogens with zero attached hydrogens (tertiary/aromatic N) is 2. The molecule has 1 aliphatic rings. The summed E-state index contributed by atoms with van der Waals surface area (Å²) in [7, 11) is 1.68. The number of hydrogen-bond donors (Lipinski definition) is 1. The van der Waals surface area contributed by atoms with Crippen molar-refractivity contribution in [1.29, 1.82) is 0 Å². The highest BCUT2D eigenvalue weighted by Gasteiger charge is 2.17. The van der Waals surface area contributed by atoms with Crippen molar-refractivity contribution in [3.05, 3.63) is 58.1 Å². The van der Waals surface area contributed by atoms with Gasteiger partial charge in [0, 0.05) is 48.5 Å². The molecule has 1 N–H and O–H groups in total. The number of carbonyl (C=O) groups excluding carboxylic acids is 1. The number of methoxy groups -OCH3 is 1. The maximum atomic E-state index is 12.2. The Balaban J connectivity index is 1.34. The first-order valence-corrected chi connectivity index (χ1v) is 10.6. The minimum Gasteiger partial charge on any atom is -0.497 e. The molecule has 2 aromatic carbocycles. The molecule has 5 nitrogen and oxygen atoms in total. The van der Waals surface area contributed by atoms with Gasteiger partial charge in [0.25, 0.3) is 0 Å². The Morgan fingerprint density at radius 1 is 1.03 bits per heavy atom. The predicted molar refractivity (Wildman–Crippen MR) is 119 cm³/mol. The third-order valence-corrected chi connectivity index (χ3v) is 5.89. The molecular formula is C22H27Cl2N3O2. The molecule has 0 bridgehead atoms. The maximum absolute atomic E-state index is 12.2. The molecule has 0 saturated carbocycles. The van der Waals surface area contributed by atoms with Gasteiger partial charge in [-0.25, -0.2) is 0 Å². The van der Waals surface area contributed by atoms with Crippen LogP contribution in [-0.4, -0.2) is 57.2 Å². The third-order valence-electron chi connectivity index (χ3n) is 5.18. The van der Waals surface area contributed by atoms with E-state index < -0.39 is 0 Å². The Labute approximate surface area is 182 Å².